The predicted molar refractivity (Wildman–Crippen MR) is 273 cm³/mol. The molecule has 2 fully saturated rings. The molecule has 414 valence electrons. The summed E-state index contributed by atoms with van der Waals surface area (Å²) in [6, 6.07) is -8.21. The van der Waals surface area contributed by atoms with E-state index in [2.05, 4.69) is 47.5 Å². The standard InChI is InChI=1S/C49H87N13O11/c1-10-18-33(42(67)59-40(29(6)11-2)46(71)56-34(21-16-23-53-49(50)51)48(73)62-24-17-22-36(62)44(69)52-12-3)55-47(72)41(30(7)63)60-43(68)35(25-32-19-14-13-15-20-32)57-45(70)39(28(4)5)58-37(65)26-54-38(66)27-61(9)31(8)64/h28-30,32-36,39-41,63H,10-27H2,1-9H3,(H,52,69)(H,54,66)(H,55,72)(H,56,71)(H,57,70)(H,58,65)(H,59,67)(H,60,68)(H4,50,51,53)/t29-,30+,33-,34-,35+,36-,39-,40-,41-/m0/s1. The van der Waals surface area contributed by atoms with Crippen molar-refractivity contribution < 1.29 is 53.1 Å². The van der Waals surface area contributed by atoms with Crippen LogP contribution in [0.2, 0.25) is 0 Å². The first kappa shape index (κ1) is 63.0. The van der Waals surface area contributed by atoms with Crippen molar-refractivity contribution in [2.24, 2.45) is 34.2 Å². The monoisotopic (exact) mass is 1030 g/mol. The lowest BCUT2D eigenvalue weighted by Gasteiger charge is -2.32. The minimum Gasteiger partial charge on any atom is -0.391 e. The molecular formula is C49H87N13O11. The normalized spacial score (nSPS) is 18.0. The van der Waals surface area contributed by atoms with Crippen LogP contribution in [-0.2, 0) is 47.9 Å². The van der Waals surface area contributed by atoms with Crippen molar-refractivity contribution in [2.45, 2.75) is 187 Å². The minimum absolute atomic E-state index is 0.0369. The second-order valence-corrected chi connectivity index (χ2v) is 19.8. The van der Waals surface area contributed by atoms with Crippen molar-refractivity contribution in [1.82, 2.24) is 52.3 Å². The van der Waals surface area contributed by atoms with Gasteiger partial charge in [-0.25, -0.2) is 0 Å². The van der Waals surface area contributed by atoms with Crippen LogP contribution in [-0.4, -0.2) is 168 Å². The Balaban J connectivity index is 2.33. The van der Waals surface area contributed by atoms with Crippen molar-refractivity contribution in [1.29, 1.82) is 0 Å². The smallest absolute Gasteiger partial charge is 0.245 e. The number of amides is 10. The number of aliphatic hydroxyl groups is 1. The topological polar surface area (TPSA) is 358 Å². The molecule has 0 aromatic heterocycles. The number of likely N-dealkylation sites (N-methyl/N-ethyl adjacent to an activating group) is 2. The van der Waals surface area contributed by atoms with Crippen LogP contribution >= 0.6 is 0 Å². The number of aliphatic hydroxyl groups excluding tert-OH is 1. The lowest BCUT2D eigenvalue weighted by molar-refractivity contribution is -0.142. The molecule has 73 heavy (non-hydrogen) atoms. The average Bonchev–Trinajstić information content (AvgIpc) is 3.84. The van der Waals surface area contributed by atoms with E-state index in [0.717, 1.165) is 32.1 Å². The van der Waals surface area contributed by atoms with E-state index in [9.17, 15) is 53.1 Å². The van der Waals surface area contributed by atoms with Gasteiger partial charge in [-0.15, -0.1) is 0 Å². The minimum atomic E-state index is -1.61. The number of hydrogen-bond acceptors (Lipinski definition) is 12. The maximum absolute atomic E-state index is 14.2. The van der Waals surface area contributed by atoms with E-state index in [1.165, 1.54) is 30.7 Å². The highest BCUT2D eigenvalue weighted by Gasteiger charge is 2.40. The quantitative estimate of drug-likeness (QED) is 0.0223. The van der Waals surface area contributed by atoms with Gasteiger partial charge in [-0.1, -0.05) is 79.6 Å². The van der Waals surface area contributed by atoms with Crippen LogP contribution in [0.1, 0.15) is 139 Å². The molecule has 24 heteroatoms. The summed E-state index contributed by atoms with van der Waals surface area (Å²) in [5.41, 5.74) is 11.0. The molecule has 1 aliphatic carbocycles. The third-order valence-corrected chi connectivity index (χ3v) is 13.4. The number of nitrogens with two attached hydrogens (primary N) is 2. The Morgan fingerprint density at radius 3 is 1.85 bits per heavy atom. The predicted octanol–water partition coefficient (Wildman–Crippen LogP) is -1.48. The third-order valence-electron chi connectivity index (χ3n) is 13.4. The molecule has 0 unspecified atom stereocenters. The van der Waals surface area contributed by atoms with Gasteiger partial charge in [0.2, 0.25) is 59.1 Å². The van der Waals surface area contributed by atoms with E-state index in [1.54, 1.807) is 34.6 Å². The zero-order chi connectivity index (χ0) is 54.9. The van der Waals surface area contributed by atoms with Gasteiger partial charge in [0.25, 0.3) is 0 Å². The number of nitrogens with zero attached hydrogens (tertiary/aromatic N) is 3. The Kier molecular flexibility index (Phi) is 27.8. The molecule has 0 aromatic rings. The van der Waals surface area contributed by atoms with Crippen molar-refractivity contribution in [3.05, 3.63) is 0 Å². The Morgan fingerprint density at radius 2 is 1.27 bits per heavy atom. The summed E-state index contributed by atoms with van der Waals surface area (Å²) in [5, 5.41) is 32.3. The molecule has 2 rings (SSSR count). The zero-order valence-electron chi connectivity index (χ0n) is 44.6. The Hall–Kier alpha value is -6.07. The van der Waals surface area contributed by atoms with Crippen molar-refractivity contribution in [3.8, 4) is 0 Å². The molecule has 1 saturated heterocycles. The molecule has 9 atom stereocenters. The van der Waals surface area contributed by atoms with Crippen LogP contribution in [0.5, 0.6) is 0 Å². The van der Waals surface area contributed by atoms with Gasteiger partial charge in [-0.3, -0.25) is 52.9 Å². The molecule has 0 radical (unpaired) electrons. The lowest BCUT2D eigenvalue weighted by atomic mass is 9.84. The highest BCUT2D eigenvalue weighted by atomic mass is 16.3. The number of rotatable bonds is 30. The fourth-order valence-electron chi connectivity index (χ4n) is 8.82. The molecule has 24 nitrogen and oxygen atoms in total. The summed E-state index contributed by atoms with van der Waals surface area (Å²) in [5.74, 6) is -7.21. The van der Waals surface area contributed by atoms with E-state index in [-0.39, 0.29) is 56.0 Å². The molecule has 13 N–H and O–H groups in total. The number of carbonyl (C=O) groups excluding carboxylic acids is 10. The Morgan fingerprint density at radius 1 is 0.685 bits per heavy atom. The highest BCUT2D eigenvalue weighted by molar-refractivity contribution is 5.98. The number of carbonyl (C=O) groups is 10. The van der Waals surface area contributed by atoms with Crippen molar-refractivity contribution >= 4 is 65.0 Å². The first-order valence-corrected chi connectivity index (χ1v) is 26.1. The van der Waals surface area contributed by atoms with Gasteiger partial charge >= 0.3 is 0 Å². The van der Waals surface area contributed by atoms with Crippen LogP contribution in [0.4, 0.5) is 0 Å². The van der Waals surface area contributed by atoms with Crippen molar-refractivity contribution in [3.63, 3.8) is 0 Å². The molecule has 10 amide bonds. The third kappa shape index (κ3) is 21.5. The average molecular weight is 1030 g/mol. The number of hydrogen-bond donors (Lipinski definition) is 11. The molecule has 1 saturated carbocycles. The number of nitrogens with one attached hydrogen (secondary N) is 8. The summed E-state index contributed by atoms with van der Waals surface area (Å²) in [6.45, 7) is 13.2. The first-order valence-electron chi connectivity index (χ1n) is 26.1. The Labute approximate surface area is 430 Å². The summed E-state index contributed by atoms with van der Waals surface area (Å²) < 4.78 is 0. The van der Waals surface area contributed by atoms with Gasteiger partial charge in [-0.05, 0) is 70.1 Å². The fourth-order valence-corrected chi connectivity index (χ4v) is 8.82. The maximum Gasteiger partial charge on any atom is 0.245 e. The van der Waals surface area contributed by atoms with Crippen LogP contribution in [0, 0.1) is 17.8 Å². The Bertz CT molecular complexity index is 1910. The van der Waals surface area contributed by atoms with Gasteiger partial charge in [0, 0.05) is 33.6 Å². The lowest BCUT2D eigenvalue weighted by Crippen LogP contribution is -2.62. The summed E-state index contributed by atoms with van der Waals surface area (Å²) >= 11 is 0. The number of guanidine groups is 1. The molecule has 0 aromatic carbocycles. The van der Waals surface area contributed by atoms with Gasteiger partial charge in [0.05, 0.1) is 19.2 Å². The van der Waals surface area contributed by atoms with Gasteiger partial charge < -0.3 is 68.9 Å². The number of likely N-dealkylation sites (tertiary alicyclic amines) is 1. The van der Waals surface area contributed by atoms with Crippen LogP contribution in [0.15, 0.2) is 4.99 Å². The summed E-state index contributed by atoms with van der Waals surface area (Å²) in [6.07, 6.45) is 5.52. The van der Waals surface area contributed by atoms with E-state index in [0.29, 0.717) is 45.2 Å². The second kappa shape index (κ2) is 32.2. The van der Waals surface area contributed by atoms with Crippen LogP contribution in [0.25, 0.3) is 0 Å². The van der Waals surface area contributed by atoms with E-state index in [1.807, 2.05) is 6.92 Å². The van der Waals surface area contributed by atoms with Crippen LogP contribution in [0.3, 0.4) is 0 Å². The molecule has 1 heterocycles. The van der Waals surface area contributed by atoms with Gasteiger partial charge in [-0.2, -0.15) is 0 Å². The summed E-state index contributed by atoms with van der Waals surface area (Å²) in [4.78, 5) is 141. The maximum atomic E-state index is 14.2. The van der Waals surface area contributed by atoms with E-state index in [4.69, 9.17) is 11.5 Å². The van der Waals surface area contributed by atoms with Crippen LogP contribution < -0.4 is 54.0 Å². The van der Waals surface area contributed by atoms with E-state index < -0.39 is 114 Å². The summed E-state index contributed by atoms with van der Waals surface area (Å²) in [7, 11) is 1.43. The van der Waals surface area contributed by atoms with E-state index >= 15 is 0 Å². The fraction of sp³-hybridized carbons (Fsp3) is 0.776. The SMILES string of the molecule is CCC[C@H](NC(=O)[C@@H](NC(=O)[C@@H](CC1CCCCC1)NC(=O)[C@@H](NC(=O)CNC(=O)CN(C)C(C)=O)C(C)C)[C@@H](C)O)C(=O)N[C@H](C(=O)N[C@@H](CCCN=C(N)N)C(=O)N1CCC[C@H]1C(=O)NCC)[C@@H](C)CC. The van der Waals surface area contributed by atoms with Gasteiger partial charge in [0.1, 0.15) is 42.3 Å². The molecule has 0 spiro atoms. The molecular weight excluding hydrogens is 947 g/mol. The highest BCUT2D eigenvalue weighted by Crippen LogP contribution is 2.28. The largest absolute Gasteiger partial charge is 0.391 e. The molecule has 2 aliphatic rings. The molecule has 1 aliphatic heterocycles. The zero-order valence-corrected chi connectivity index (χ0v) is 44.6. The second-order valence-electron chi connectivity index (χ2n) is 19.8. The molecule has 0 bridgehead atoms. The van der Waals surface area contributed by atoms with Gasteiger partial charge in [0.15, 0.2) is 5.96 Å². The first-order chi connectivity index (χ1) is 34.4. The number of aliphatic imine (C=N–C) groups is 1. The van der Waals surface area contributed by atoms with Crippen molar-refractivity contribution in [2.75, 3.05) is 39.8 Å².